The molecule has 78 valence electrons. The van der Waals surface area contributed by atoms with Crippen molar-refractivity contribution in [1.29, 1.82) is 0 Å². The number of hydrogen-bond donors (Lipinski definition) is 0. The highest BCUT2D eigenvalue weighted by atomic mass is 32.2. The second-order valence-corrected chi connectivity index (χ2v) is 4.01. The quantitative estimate of drug-likeness (QED) is 0.415. The van der Waals surface area contributed by atoms with Crippen LogP contribution in [-0.2, 0) is 5.75 Å². The molecule has 1 aromatic rings. The van der Waals surface area contributed by atoms with E-state index in [1.807, 2.05) is 0 Å². The molecule has 5 heteroatoms. The van der Waals surface area contributed by atoms with Crippen LogP contribution in [-0.4, -0.2) is 10.7 Å². The lowest BCUT2D eigenvalue weighted by atomic mass is 10.4. The first-order valence-corrected chi connectivity index (χ1v) is 5.70. The summed E-state index contributed by atoms with van der Waals surface area (Å²) in [6.45, 7) is 2.14. The third-order valence-electron chi connectivity index (χ3n) is 1.71. The largest absolute Gasteiger partial charge is 0.433 e. The van der Waals surface area contributed by atoms with Gasteiger partial charge in [0.25, 0.3) is 0 Å². The third kappa shape index (κ3) is 3.41. The molecule has 0 saturated heterocycles. The van der Waals surface area contributed by atoms with Crippen molar-refractivity contribution in [3.63, 3.8) is 0 Å². The van der Waals surface area contributed by atoms with Crippen LogP contribution in [0.1, 0.15) is 25.5 Å². The van der Waals surface area contributed by atoms with E-state index >= 15 is 0 Å². The molecule has 1 heterocycles. The highest BCUT2D eigenvalue weighted by Gasteiger charge is 2.10. The zero-order valence-corrected chi connectivity index (χ0v) is 8.88. The summed E-state index contributed by atoms with van der Waals surface area (Å²) in [5.74, 6) is 2.30. The summed E-state index contributed by atoms with van der Waals surface area (Å²) < 4.78 is 5.01. The molecule has 0 spiro atoms. The Balaban J connectivity index is 2.33. The fourth-order valence-electron chi connectivity index (χ4n) is 0.961. The molecule has 0 bridgehead atoms. The predicted octanol–water partition coefficient (Wildman–Crippen LogP) is 3.22. The van der Waals surface area contributed by atoms with Gasteiger partial charge in [-0.25, -0.2) is 0 Å². The molecule has 0 aliphatic rings. The highest BCUT2D eigenvalue weighted by Crippen LogP contribution is 2.20. The Bertz CT molecular complexity index is 298. The maximum Gasteiger partial charge on any atom is 0.433 e. The molecule has 14 heavy (non-hydrogen) atoms. The molecular weight excluding hydrogens is 202 g/mol. The first-order valence-electron chi connectivity index (χ1n) is 4.55. The standard InChI is InChI=1S/C9H13NO3S/c1-2-3-6-14-7-8-4-5-9(13-8)10(11)12/h4-5H,2-3,6-7H2,1H3. The molecule has 0 aliphatic carbocycles. The molecule has 0 amide bonds. The van der Waals surface area contributed by atoms with Gasteiger partial charge < -0.3 is 4.42 Å². The summed E-state index contributed by atoms with van der Waals surface area (Å²) in [6, 6.07) is 3.06. The van der Waals surface area contributed by atoms with E-state index in [4.69, 9.17) is 4.42 Å². The third-order valence-corrected chi connectivity index (χ3v) is 2.78. The molecule has 0 unspecified atom stereocenters. The van der Waals surface area contributed by atoms with E-state index in [0.29, 0.717) is 11.5 Å². The van der Waals surface area contributed by atoms with E-state index in [0.717, 1.165) is 5.75 Å². The number of furan rings is 1. The molecule has 1 aromatic heterocycles. The monoisotopic (exact) mass is 215 g/mol. The number of thioether (sulfide) groups is 1. The van der Waals surface area contributed by atoms with Crippen LogP contribution in [0.2, 0.25) is 0 Å². The second-order valence-electron chi connectivity index (χ2n) is 2.90. The minimum absolute atomic E-state index is 0.170. The van der Waals surface area contributed by atoms with Gasteiger partial charge in [-0.15, -0.1) is 0 Å². The molecule has 0 fully saturated rings. The van der Waals surface area contributed by atoms with E-state index in [-0.39, 0.29) is 5.88 Å². The lowest BCUT2D eigenvalue weighted by Gasteiger charge is -1.95. The summed E-state index contributed by atoms with van der Waals surface area (Å²) in [6.07, 6.45) is 2.35. The molecule has 0 aromatic carbocycles. The Hall–Kier alpha value is -0.970. The molecule has 4 nitrogen and oxygen atoms in total. The highest BCUT2D eigenvalue weighted by molar-refractivity contribution is 7.98. The van der Waals surface area contributed by atoms with Crippen LogP contribution in [0.3, 0.4) is 0 Å². The number of nitrogens with zero attached hydrogens (tertiary/aromatic N) is 1. The topological polar surface area (TPSA) is 56.3 Å². The Labute approximate surface area is 86.8 Å². The van der Waals surface area contributed by atoms with Crippen LogP contribution in [0.5, 0.6) is 0 Å². The fourth-order valence-corrected chi connectivity index (χ4v) is 1.95. The van der Waals surface area contributed by atoms with Crippen LogP contribution in [0.25, 0.3) is 0 Å². The van der Waals surface area contributed by atoms with Crippen molar-refractivity contribution in [3.05, 3.63) is 28.0 Å². The number of unbranched alkanes of at least 4 members (excludes halogenated alkanes) is 1. The average Bonchev–Trinajstić information content (AvgIpc) is 2.61. The number of rotatable bonds is 6. The Morgan fingerprint density at radius 2 is 2.36 bits per heavy atom. The van der Waals surface area contributed by atoms with Gasteiger partial charge in [0, 0.05) is 0 Å². The summed E-state index contributed by atoms with van der Waals surface area (Å²) in [5.41, 5.74) is 0. The van der Waals surface area contributed by atoms with Crippen molar-refractivity contribution in [2.24, 2.45) is 0 Å². The molecule has 0 aliphatic heterocycles. The summed E-state index contributed by atoms with van der Waals surface area (Å²) >= 11 is 1.74. The molecule has 0 atom stereocenters. The summed E-state index contributed by atoms with van der Waals surface area (Å²) in [5, 5.41) is 10.3. The molecule has 0 N–H and O–H groups in total. The van der Waals surface area contributed by atoms with E-state index in [2.05, 4.69) is 6.92 Å². The van der Waals surface area contributed by atoms with Crippen LogP contribution in [0, 0.1) is 10.1 Å². The maximum absolute atomic E-state index is 10.3. The minimum atomic E-state index is -0.514. The predicted molar refractivity (Wildman–Crippen MR) is 56.4 cm³/mol. The lowest BCUT2D eigenvalue weighted by molar-refractivity contribution is -0.402. The maximum atomic E-state index is 10.3. The molecule has 0 radical (unpaired) electrons. The lowest BCUT2D eigenvalue weighted by Crippen LogP contribution is -1.83. The van der Waals surface area contributed by atoms with Crippen molar-refractivity contribution in [3.8, 4) is 0 Å². The van der Waals surface area contributed by atoms with E-state index in [1.54, 1.807) is 17.8 Å². The summed E-state index contributed by atoms with van der Waals surface area (Å²) in [7, 11) is 0. The zero-order chi connectivity index (χ0) is 10.4. The number of nitro groups is 1. The molecular formula is C9H13NO3S. The second kappa shape index (κ2) is 5.70. The van der Waals surface area contributed by atoms with E-state index in [1.165, 1.54) is 18.9 Å². The van der Waals surface area contributed by atoms with Crippen LogP contribution < -0.4 is 0 Å². The van der Waals surface area contributed by atoms with Crippen molar-refractivity contribution < 1.29 is 9.34 Å². The Kier molecular flexibility index (Phi) is 4.52. The van der Waals surface area contributed by atoms with Crippen LogP contribution in [0.15, 0.2) is 16.5 Å². The first kappa shape index (κ1) is 11.1. The molecule has 1 rings (SSSR count). The summed E-state index contributed by atoms with van der Waals surface area (Å²) in [4.78, 5) is 9.78. The molecule has 0 saturated carbocycles. The van der Waals surface area contributed by atoms with Crippen molar-refractivity contribution >= 4 is 17.6 Å². The van der Waals surface area contributed by atoms with Gasteiger partial charge in [0.2, 0.25) is 0 Å². The van der Waals surface area contributed by atoms with Gasteiger partial charge in [-0.3, -0.25) is 10.1 Å². The first-order chi connectivity index (χ1) is 6.74. The van der Waals surface area contributed by atoms with Crippen molar-refractivity contribution in [2.75, 3.05) is 5.75 Å². The van der Waals surface area contributed by atoms with E-state index in [9.17, 15) is 10.1 Å². The fraction of sp³-hybridized carbons (Fsp3) is 0.556. The van der Waals surface area contributed by atoms with Crippen LogP contribution >= 0.6 is 11.8 Å². The van der Waals surface area contributed by atoms with Gasteiger partial charge in [-0.05, 0) is 18.2 Å². The van der Waals surface area contributed by atoms with Crippen molar-refractivity contribution in [2.45, 2.75) is 25.5 Å². The number of hydrogen-bond acceptors (Lipinski definition) is 4. The van der Waals surface area contributed by atoms with Gasteiger partial charge in [-0.1, -0.05) is 13.3 Å². The van der Waals surface area contributed by atoms with Gasteiger partial charge in [0.1, 0.15) is 10.7 Å². The average molecular weight is 215 g/mol. The zero-order valence-electron chi connectivity index (χ0n) is 8.06. The van der Waals surface area contributed by atoms with Gasteiger partial charge in [0.05, 0.1) is 11.8 Å². The van der Waals surface area contributed by atoms with E-state index < -0.39 is 4.92 Å². The van der Waals surface area contributed by atoms with Gasteiger partial charge in [-0.2, -0.15) is 11.8 Å². The van der Waals surface area contributed by atoms with Gasteiger partial charge in [0.15, 0.2) is 0 Å². The smallest absolute Gasteiger partial charge is 0.405 e. The van der Waals surface area contributed by atoms with Crippen molar-refractivity contribution in [1.82, 2.24) is 0 Å². The SMILES string of the molecule is CCCCSCc1ccc([N+](=O)[O-])o1. The minimum Gasteiger partial charge on any atom is -0.405 e. The van der Waals surface area contributed by atoms with Crippen LogP contribution in [0.4, 0.5) is 5.88 Å². The Morgan fingerprint density at radius 1 is 1.57 bits per heavy atom. The normalized spacial score (nSPS) is 10.4. The van der Waals surface area contributed by atoms with Gasteiger partial charge >= 0.3 is 5.88 Å². The Morgan fingerprint density at radius 3 is 2.93 bits per heavy atom.